The van der Waals surface area contributed by atoms with Crippen molar-refractivity contribution in [2.75, 3.05) is 0 Å². The van der Waals surface area contributed by atoms with Gasteiger partial charge in [0.25, 0.3) is 5.91 Å². The summed E-state index contributed by atoms with van der Waals surface area (Å²) in [6.07, 6.45) is 1.63. The molecule has 5 atom stereocenters. The smallest absolute Gasteiger partial charge is 0.269 e. The largest absolute Gasteiger partial charge is 0.393 e. The number of aliphatic hydroxyl groups is 1. The Labute approximate surface area is 164 Å². The molecule has 6 nitrogen and oxygen atoms in total. The van der Waals surface area contributed by atoms with Crippen molar-refractivity contribution in [3.05, 3.63) is 52.8 Å². The van der Waals surface area contributed by atoms with Crippen molar-refractivity contribution in [3.8, 4) is 0 Å². The fraction of sp³-hybridized carbons (Fsp3) is 0.500. The van der Waals surface area contributed by atoms with Crippen LogP contribution in [0.5, 0.6) is 0 Å². The van der Waals surface area contributed by atoms with Gasteiger partial charge in [0, 0.05) is 18.5 Å². The number of amides is 1. The van der Waals surface area contributed by atoms with Gasteiger partial charge < -0.3 is 10.4 Å². The number of carbonyl (C=O) groups is 2. The van der Waals surface area contributed by atoms with Crippen molar-refractivity contribution in [1.82, 2.24) is 15.1 Å². The third kappa shape index (κ3) is 3.37. The first kappa shape index (κ1) is 18.9. The molecular formula is C22H27N3O3. The number of benzene rings is 1. The van der Waals surface area contributed by atoms with Crippen molar-refractivity contribution in [3.63, 3.8) is 0 Å². The minimum Gasteiger partial charge on any atom is -0.393 e. The molecule has 0 saturated heterocycles. The molecule has 2 aromatic rings. The van der Waals surface area contributed by atoms with Gasteiger partial charge in [0.1, 0.15) is 11.4 Å². The van der Waals surface area contributed by atoms with E-state index in [9.17, 15) is 14.7 Å². The van der Waals surface area contributed by atoms with Gasteiger partial charge in [-0.05, 0) is 44.1 Å². The molecular weight excluding hydrogens is 354 g/mol. The summed E-state index contributed by atoms with van der Waals surface area (Å²) < 4.78 is 1.67. The van der Waals surface area contributed by atoms with E-state index in [2.05, 4.69) is 16.5 Å². The minimum atomic E-state index is -0.233. The van der Waals surface area contributed by atoms with Crippen LogP contribution >= 0.6 is 0 Å². The first-order valence-corrected chi connectivity index (χ1v) is 10.1. The van der Waals surface area contributed by atoms with E-state index in [4.69, 9.17) is 0 Å². The molecule has 2 unspecified atom stereocenters. The number of hydrogen-bond acceptors (Lipinski definition) is 4. The van der Waals surface area contributed by atoms with E-state index in [0.717, 1.165) is 24.0 Å². The third-order valence-electron chi connectivity index (χ3n) is 6.18. The van der Waals surface area contributed by atoms with Crippen molar-refractivity contribution in [2.24, 2.45) is 11.8 Å². The average molecular weight is 381 g/mol. The molecule has 2 N–H and O–H groups in total. The lowest BCUT2D eigenvalue weighted by atomic mass is 10.1. The third-order valence-corrected chi connectivity index (χ3v) is 6.18. The number of aryl methyl sites for hydroxylation is 1. The Bertz CT molecular complexity index is 908. The fourth-order valence-electron chi connectivity index (χ4n) is 4.50. The molecule has 2 saturated carbocycles. The Morgan fingerprint density at radius 1 is 1.29 bits per heavy atom. The highest BCUT2D eigenvalue weighted by Crippen LogP contribution is 2.52. The summed E-state index contributed by atoms with van der Waals surface area (Å²) >= 11 is 0. The molecule has 2 fully saturated rings. The first-order valence-electron chi connectivity index (χ1n) is 10.1. The zero-order chi connectivity index (χ0) is 20.0. The molecule has 1 amide bonds. The number of nitrogens with zero attached hydrogens (tertiary/aromatic N) is 2. The van der Waals surface area contributed by atoms with Crippen LogP contribution in [-0.4, -0.2) is 38.7 Å². The summed E-state index contributed by atoms with van der Waals surface area (Å²) in [6, 6.07) is 9.66. The zero-order valence-corrected chi connectivity index (χ0v) is 16.6. The highest BCUT2D eigenvalue weighted by Gasteiger charge is 2.56. The Kier molecular flexibility index (Phi) is 4.83. The van der Waals surface area contributed by atoms with E-state index in [1.54, 1.807) is 17.7 Å². The Morgan fingerprint density at radius 3 is 2.64 bits per heavy atom. The Morgan fingerprint density at radius 2 is 2.00 bits per heavy atom. The highest BCUT2D eigenvalue weighted by molar-refractivity contribution is 5.99. The number of rotatable bonds is 6. The van der Waals surface area contributed by atoms with Crippen LogP contribution in [-0.2, 0) is 0 Å². The number of aromatic nitrogens is 2. The van der Waals surface area contributed by atoms with Crippen molar-refractivity contribution < 1.29 is 14.7 Å². The molecule has 6 heteroatoms. The minimum absolute atomic E-state index is 0.0735. The lowest BCUT2D eigenvalue weighted by Crippen LogP contribution is -2.32. The van der Waals surface area contributed by atoms with E-state index >= 15 is 0 Å². The van der Waals surface area contributed by atoms with Gasteiger partial charge in [-0.3, -0.25) is 14.3 Å². The molecule has 4 rings (SSSR count). The standard InChI is InChI=1S/C22H27N3O3/c1-4-20(27)18-11-19(22(28)23-21-16-9-15(26)10-17(16)21)25(24-18)13(3)14-7-5-6-12(2)8-14/h5-8,11,13,15-17,21,26H,4,9-10H2,1-3H3,(H,23,28)/t13-,15?,16-,17+,21?/m0/s1. The summed E-state index contributed by atoms with van der Waals surface area (Å²) in [7, 11) is 0. The molecule has 0 bridgehead atoms. The van der Waals surface area contributed by atoms with Gasteiger partial charge in [0.05, 0.1) is 12.1 Å². The first-order chi connectivity index (χ1) is 13.4. The zero-order valence-electron chi connectivity index (χ0n) is 16.6. The van der Waals surface area contributed by atoms with Gasteiger partial charge in [-0.15, -0.1) is 0 Å². The second-order valence-electron chi connectivity index (χ2n) is 8.18. The molecule has 1 heterocycles. The number of hydrogen-bond donors (Lipinski definition) is 2. The average Bonchev–Trinajstić information content (AvgIpc) is 3.06. The van der Waals surface area contributed by atoms with Crippen LogP contribution in [0, 0.1) is 18.8 Å². The summed E-state index contributed by atoms with van der Waals surface area (Å²) in [5.41, 5.74) is 2.92. The van der Waals surface area contributed by atoms with Gasteiger partial charge in [0.15, 0.2) is 5.78 Å². The molecule has 0 spiro atoms. The highest BCUT2D eigenvalue weighted by atomic mass is 16.3. The predicted molar refractivity (Wildman–Crippen MR) is 105 cm³/mol. The van der Waals surface area contributed by atoms with Crippen LogP contribution < -0.4 is 5.32 Å². The monoisotopic (exact) mass is 381 g/mol. The van der Waals surface area contributed by atoms with E-state index < -0.39 is 0 Å². The van der Waals surface area contributed by atoms with Crippen LogP contribution in [0.1, 0.15) is 71.3 Å². The maximum absolute atomic E-state index is 13.0. The van der Waals surface area contributed by atoms with E-state index in [1.807, 2.05) is 32.0 Å². The van der Waals surface area contributed by atoms with E-state index in [-0.39, 0.29) is 29.9 Å². The van der Waals surface area contributed by atoms with Gasteiger partial charge in [-0.1, -0.05) is 36.8 Å². The predicted octanol–water partition coefficient (Wildman–Crippen LogP) is 2.89. The fourth-order valence-corrected chi connectivity index (χ4v) is 4.50. The second kappa shape index (κ2) is 7.17. The van der Waals surface area contributed by atoms with Crippen molar-refractivity contribution in [1.29, 1.82) is 0 Å². The lowest BCUT2D eigenvalue weighted by molar-refractivity contribution is 0.0924. The molecule has 1 aromatic heterocycles. The summed E-state index contributed by atoms with van der Waals surface area (Å²) in [6.45, 7) is 5.81. The molecule has 28 heavy (non-hydrogen) atoms. The van der Waals surface area contributed by atoms with Gasteiger partial charge >= 0.3 is 0 Å². The number of ketones is 1. The van der Waals surface area contributed by atoms with Crippen LogP contribution in [0.15, 0.2) is 30.3 Å². The number of nitrogens with one attached hydrogen (secondary N) is 1. The number of fused-ring (bicyclic) bond motifs is 1. The summed E-state index contributed by atoms with van der Waals surface area (Å²) in [5, 5.41) is 17.3. The van der Waals surface area contributed by atoms with E-state index in [0.29, 0.717) is 29.6 Å². The molecule has 0 aliphatic heterocycles. The Hall–Kier alpha value is -2.47. The lowest BCUT2D eigenvalue weighted by Gasteiger charge is -2.17. The summed E-state index contributed by atoms with van der Waals surface area (Å²) in [4.78, 5) is 25.2. The SMILES string of the molecule is CCC(=O)c1cc(C(=O)NC2[C@H]3CC(O)C[C@@H]23)n([C@@H](C)c2cccc(C)c2)n1. The van der Waals surface area contributed by atoms with Crippen LogP contribution in [0.3, 0.4) is 0 Å². The Balaban J connectivity index is 1.61. The van der Waals surface area contributed by atoms with Gasteiger partial charge in [-0.2, -0.15) is 5.10 Å². The van der Waals surface area contributed by atoms with E-state index in [1.165, 1.54) is 0 Å². The molecule has 0 radical (unpaired) electrons. The van der Waals surface area contributed by atoms with Crippen molar-refractivity contribution in [2.45, 2.75) is 58.2 Å². The summed E-state index contributed by atoms with van der Waals surface area (Å²) in [5.74, 6) is 0.481. The van der Waals surface area contributed by atoms with Crippen LogP contribution in [0.4, 0.5) is 0 Å². The number of Topliss-reactive ketones (excluding diaryl/α,β-unsaturated/α-hetero) is 1. The van der Waals surface area contributed by atoms with Gasteiger partial charge in [0.2, 0.25) is 0 Å². The van der Waals surface area contributed by atoms with Crippen LogP contribution in [0.2, 0.25) is 0 Å². The topological polar surface area (TPSA) is 84.2 Å². The van der Waals surface area contributed by atoms with Crippen LogP contribution in [0.25, 0.3) is 0 Å². The number of carbonyl (C=O) groups excluding carboxylic acids is 2. The molecule has 2 aliphatic carbocycles. The maximum atomic E-state index is 13.0. The molecule has 2 aliphatic rings. The second-order valence-corrected chi connectivity index (χ2v) is 8.18. The normalized spacial score (nSPS) is 26.6. The number of aliphatic hydroxyl groups excluding tert-OH is 1. The maximum Gasteiger partial charge on any atom is 0.269 e. The molecule has 148 valence electrons. The van der Waals surface area contributed by atoms with Crippen molar-refractivity contribution >= 4 is 11.7 Å². The molecule has 1 aromatic carbocycles. The van der Waals surface area contributed by atoms with Gasteiger partial charge in [-0.25, -0.2) is 0 Å². The quantitative estimate of drug-likeness (QED) is 0.754.